The van der Waals surface area contributed by atoms with Gasteiger partial charge < -0.3 is 10.2 Å². The number of hydrogen-bond acceptors (Lipinski definition) is 2. The van der Waals surface area contributed by atoms with Crippen LogP contribution in [-0.2, 0) is 0 Å². The van der Waals surface area contributed by atoms with E-state index in [1.165, 1.54) is 38.8 Å². The van der Waals surface area contributed by atoms with Crippen molar-refractivity contribution < 1.29 is 0 Å². The number of likely N-dealkylation sites (tertiary alicyclic amines) is 1. The SMILES string of the molecule is CCC1(C)CCN(C(C)CCNC(C)C)CC1. The van der Waals surface area contributed by atoms with Crippen molar-refractivity contribution in [2.45, 2.75) is 72.4 Å². The third-order valence-electron chi connectivity index (χ3n) is 4.60. The normalized spacial score (nSPS) is 22.9. The van der Waals surface area contributed by atoms with Gasteiger partial charge in [0.05, 0.1) is 0 Å². The zero-order chi connectivity index (χ0) is 12.9. The van der Waals surface area contributed by atoms with Gasteiger partial charge in [-0.15, -0.1) is 0 Å². The summed E-state index contributed by atoms with van der Waals surface area (Å²) in [5, 5.41) is 3.52. The minimum atomic E-state index is 0.617. The smallest absolute Gasteiger partial charge is 0.00790 e. The number of nitrogens with zero attached hydrogens (tertiary/aromatic N) is 1. The van der Waals surface area contributed by atoms with Gasteiger partial charge in [-0.1, -0.05) is 34.1 Å². The van der Waals surface area contributed by atoms with Crippen LogP contribution in [0.2, 0.25) is 0 Å². The topological polar surface area (TPSA) is 15.3 Å². The van der Waals surface area contributed by atoms with Crippen LogP contribution in [0.4, 0.5) is 0 Å². The van der Waals surface area contributed by atoms with E-state index in [2.05, 4.69) is 44.8 Å². The van der Waals surface area contributed by atoms with Crippen LogP contribution in [-0.4, -0.2) is 36.6 Å². The van der Waals surface area contributed by atoms with Gasteiger partial charge in [0.25, 0.3) is 0 Å². The Morgan fingerprint density at radius 2 is 1.76 bits per heavy atom. The monoisotopic (exact) mass is 240 g/mol. The van der Waals surface area contributed by atoms with E-state index in [-0.39, 0.29) is 0 Å². The quantitative estimate of drug-likeness (QED) is 0.766. The molecule has 1 heterocycles. The fourth-order valence-electron chi connectivity index (χ4n) is 2.62. The van der Waals surface area contributed by atoms with Gasteiger partial charge in [0.1, 0.15) is 0 Å². The first kappa shape index (κ1) is 15.0. The van der Waals surface area contributed by atoms with Gasteiger partial charge in [0, 0.05) is 12.1 Å². The first-order valence-electron chi connectivity index (χ1n) is 7.44. The summed E-state index contributed by atoms with van der Waals surface area (Å²) in [5.41, 5.74) is 0.617. The van der Waals surface area contributed by atoms with Crippen LogP contribution in [0, 0.1) is 5.41 Å². The van der Waals surface area contributed by atoms with Crippen molar-refractivity contribution in [1.29, 1.82) is 0 Å². The fraction of sp³-hybridized carbons (Fsp3) is 1.00. The van der Waals surface area contributed by atoms with E-state index in [4.69, 9.17) is 0 Å². The molecule has 0 aromatic rings. The Labute approximate surface area is 108 Å². The van der Waals surface area contributed by atoms with E-state index < -0.39 is 0 Å². The molecule has 1 aliphatic heterocycles. The summed E-state index contributed by atoms with van der Waals surface area (Å²) in [5.74, 6) is 0. The van der Waals surface area contributed by atoms with Crippen molar-refractivity contribution in [2.24, 2.45) is 5.41 Å². The summed E-state index contributed by atoms with van der Waals surface area (Å²) < 4.78 is 0. The minimum absolute atomic E-state index is 0.617. The van der Waals surface area contributed by atoms with E-state index in [0.717, 1.165) is 12.6 Å². The summed E-state index contributed by atoms with van der Waals surface area (Å²) >= 11 is 0. The van der Waals surface area contributed by atoms with E-state index in [9.17, 15) is 0 Å². The van der Waals surface area contributed by atoms with Gasteiger partial charge in [-0.3, -0.25) is 0 Å². The summed E-state index contributed by atoms with van der Waals surface area (Å²) in [6.45, 7) is 15.4. The molecule has 1 unspecified atom stereocenters. The van der Waals surface area contributed by atoms with Crippen LogP contribution in [0.5, 0.6) is 0 Å². The highest BCUT2D eigenvalue weighted by Crippen LogP contribution is 2.34. The zero-order valence-corrected chi connectivity index (χ0v) is 12.6. The molecule has 0 saturated carbocycles. The Kier molecular flexibility index (Phi) is 5.94. The summed E-state index contributed by atoms with van der Waals surface area (Å²) in [6, 6.07) is 1.36. The molecule has 0 aromatic carbocycles. The standard InChI is InChI=1S/C15H32N2/c1-6-15(5)8-11-17(12-9-15)14(4)7-10-16-13(2)3/h13-14,16H,6-12H2,1-5H3. The van der Waals surface area contributed by atoms with Crippen LogP contribution in [0.25, 0.3) is 0 Å². The summed E-state index contributed by atoms with van der Waals surface area (Å²) in [4.78, 5) is 2.68. The molecule has 17 heavy (non-hydrogen) atoms. The molecule has 0 bridgehead atoms. The molecule has 0 amide bonds. The van der Waals surface area contributed by atoms with E-state index >= 15 is 0 Å². The third kappa shape index (κ3) is 4.97. The predicted molar refractivity (Wildman–Crippen MR) is 76.4 cm³/mol. The number of piperidine rings is 1. The van der Waals surface area contributed by atoms with Crippen LogP contribution < -0.4 is 5.32 Å². The molecular weight excluding hydrogens is 208 g/mol. The van der Waals surface area contributed by atoms with Crippen LogP contribution >= 0.6 is 0 Å². The Morgan fingerprint density at radius 3 is 2.24 bits per heavy atom. The largest absolute Gasteiger partial charge is 0.314 e. The van der Waals surface area contributed by atoms with E-state index in [0.29, 0.717) is 11.5 Å². The van der Waals surface area contributed by atoms with E-state index in [1.54, 1.807) is 0 Å². The molecule has 1 aliphatic rings. The molecule has 0 aromatic heterocycles. The Hall–Kier alpha value is -0.0800. The number of nitrogens with one attached hydrogen (secondary N) is 1. The van der Waals surface area contributed by atoms with Gasteiger partial charge in [-0.2, -0.15) is 0 Å². The Balaban J connectivity index is 2.23. The maximum atomic E-state index is 3.52. The first-order chi connectivity index (χ1) is 7.97. The lowest BCUT2D eigenvalue weighted by Crippen LogP contribution is -2.44. The highest BCUT2D eigenvalue weighted by Gasteiger charge is 2.29. The van der Waals surface area contributed by atoms with Crippen LogP contribution in [0.15, 0.2) is 0 Å². The van der Waals surface area contributed by atoms with Crippen molar-refractivity contribution in [2.75, 3.05) is 19.6 Å². The zero-order valence-electron chi connectivity index (χ0n) is 12.6. The molecule has 0 aliphatic carbocycles. The second kappa shape index (κ2) is 6.75. The van der Waals surface area contributed by atoms with Crippen LogP contribution in [0.1, 0.15) is 60.3 Å². The molecule has 1 N–H and O–H groups in total. The molecular formula is C15H32N2. The molecule has 102 valence electrons. The Bertz CT molecular complexity index is 205. The van der Waals surface area contributed by atoms with Gasteiger partial charge in [0.2, 0.25) is 0 Å². The lowest BCUT2D eigenvalue weighted by atomic mass is 9.78. The van der Waals surface area contributed by atoms with Crippen LogP contribution in [0.3, 0.4) is 0 Å². The molecule has 1 atom stereocenters. The predicted octanol–water partition coefficient (Wildman–Crippen LogP) is 3.28. The number of rotatable bonds is 6. The molecule has 1 rings (SSSR count). The molecule has 2 heteroatoms. The third-order valence-corrected chi connectivity index (χ3v) is 4.60. The lowest BCUT2D eigenvalue weighted by Gasteiger charge is -2.41. The average Bonchev–Trinajstić information content (AvgIpc) is 2.29. The highest BCUT2D eigenvalue weighted by molar-refractivity contribution is 4.83. The molecule has 0 spiro atoms. The maximum Gasteiger partial charge on any atom is 0.00790 e. The minimum Gasteiger partial charge on any atom is -0.314 e. The molecule has 1 saturated heterocycles. The van der Waals surface area contributed by atoms with Crippen molar-refractivity contribution in [1.82, 2.24) is 10.2 Å². The maximum absolute atomic E-state index is 3.52. The van der Waals surface area contributed by atoms with Crippen molar-refractivity contribution in [3.63, 3.8) is 0 Å². The van der Waals surface area contributed by atoms with Gasteiger partial charge in [0.15, 0.2) is 0 Å². The average molecular weight is 240 g/mol. The van der Waals surface area contributed by atoms with Crippen molar-refractivity contribution in [3.8, 4) is 0 Å². The Morgan fingerprint density at radius 1 is 1.18 bits per heavy atom. The van der Waals surface area contributed by atoms with Gasteiger partial charge >= 0.3 is 0 Å². The number of hydrogen-bond donors (Lipinski definition) is 1. The molecule has 1 fully saturated rings. The van der Waals surface area contributed by atoms with Crippen molar-refractivity contribution >= 4 is 0 Å². The molecule has 0 radical (unpaired) electrons. The summed E-state index contributed by atoms with van der Waals surface area (Å²) in [7, 11) is 0. The first-order valence-corrected chi connectivity index (χ1v) is 7.44. The van der Waals surface area contributed by atoms with Gasteiger partial charge in [-0.05, 0) is 51.2 Å². The fourth-order valence-corrected chi connectivity index (χ4v) is 2.62. The van der Waals surface area contributed by atoms with Gasteiger partial charge in [-0.25, -0.2) is 0 Å². The van der Waals surface area contributed by atoms with E-state index in [1.807, 2.05) is 0 Å². The second-order valence-corrected chi connectivity index (χ2v) is 6.45. The summed E-state index contributed by atoms with van der Waals surface area (Å²) in [6.07, 6.45) is 5.38. The van der Waals surface area contributed by atoms with Crippen molar-refractivity contribution in [3.05, 3.63) is 0 Å². The molecule has 2 nitrogen and oxygen atoms in total. The second-order valence-electron chi connectivity index (χ2n) is 6.45. The highest BCUT2D eigenvalue weighted by atomic mass is 15.2. The lowest BCUT2D eigenvalue weighted by molar-refractivity contribution is 0.0833.